The fourth-order valence-electron chi connectivity index (χ4n) is 7.93. The van der Waals surface area contributed by atoms with Crippen molar-refractivity contribution in [2.75, 3.05) is 4.90 Å². The predicted molar refractivity (Wildman–Crippen MR) is 221 cm³/mol. The number of hydrogen-bond acceptors (Lipinski definition) is 1. The fourth-order valence-corrected chi connectivity index (χ4v) is 7.93. The van der Waals surface area contributed by atoms with Crippen molar-refractivity contribution in [3.8, 4) is 27.9 Å². The Morgan fingerprint density at radius 1 is 0.327 bits per heavy atom. The van der Waals surface area contributed by atoms with E-state index in [1.807, 2.05) is 0 Å². The van der Waals surface area contributed by atoms with Crippen LogP contribution < -0.4 is 4.90 Å². The van der Waals surface area contributed by atoms with Crippen molar-refractivity contribution >= 4 is 60.4 Å². The second-order valence-electron chi connectivity index (χ2n) is 13.4. The van der Waals surface area contributed by atoms with Gasteiger partial charge in [0.15, 0.2) is 0 Å². The number of anilines is 3. The quantitative estimate of drug-likeness (QED) is 0.172. The smallest absolute Gasteiger partial charge is 0.0541 e. The lowest BCUT2D eigenvalue weighted by Crippen LogP contribution is -2.10. The van der Waals surface area contributed by atoms with Crippen molar-refractivity contribution in [3.63, 3.8) is 0 Å². The predicted octanol–water partition coefficient (Wildman–Crippen LogP) is 13.9. The minimum atomic E-state index is 1.11. The monoisotopic (exact) mass is 662 g/mol. The van der Waals surface area contributed by atoms with Crippen LogP contribution in [-0.2, 0) is 0 Å². The van der Waals surface area contributed by atoms with Crippen molar-refractivity contribution < 1.29 is 0 Å². The molecule has 2 heteroatoms. The van der Waals surface area contributed by atoms with Crippen LogP contribution in [0.25, 0.3) is 71.3 Å². The normalized spacial score (nSPS) is 11.5. The molecule has 0 saturated carbocycles. The van der Waals surface area contributed by atoms with E-state index in [1.54, 1.807) is 0 Å². The van der Waals surface area contributed by atoms with Crippen molar-refractivity contribution in [3.05, 3.63) is 206 Å². The average Bonchev–Trinajstić information content (AvgIpc) is 3.56. The van der Waals surface area contributed by atoms with Gasteiger partial charge in [-0.3, -0.25) is 0 Å². The lowest BCUT2D eigenvalue weighted by molar-refractivity contribution is 1.18. The van der Waals surface area contributed by atoms with Crippen LogP contribution in [0, 0.1) is 0 Å². The summed E-state index contributed by atoms with van der Waals surface area (Å²) in [5.41, 5.74) is 11.8. The van der Waals surface area contributed by atoms with E-state index in [0.29, 0.717) is 0 Å². The second-order valence-corrected chi connectivity index (χ2v) is 13.4. The summed E-state index contributed by atoms with van der Waals surface area (Å²) < 4.78 is 2.38. The zero-order valence-corrected chi connectivity index (χ0v) is 28.5. The summed E-state index contributed by atoms with van der Waals surface area (Å²) in [5.74, 6) is 0. The van der Waals surface area contributed by atoms with Gasteiger partial charge in [-0.2, -0.15) is 0 Å². The number of rotatable bonds is 6. The highest BCUT2D eigenvalue weighted by Gasteiger charge is 2.17. The Hall–Kier alpha value is -6.90. The number of para-hydroxylation sites is 2. The van der Waals surface area contributed by atoms with Gasteiger partial charge in [-0.05, 0) is 93.0 Å². The Kier molecular flexibility index (Phi) is 7.18. The van der Waals surface area contributed by atoms with E-state index >= 15 is 0 Å². The Morgan fingerprint density at radius 3 is 1.50 bits per heavy atom. The van der Waals surface area contributed by atoms with Gasteiger partial charge < -0.3 is 9.47 Å². The molecule has 10 rings (SSSR count). The van der Waals surface area contributed by atoms with Crippen LogP contribution in [0.2, 0.25) is 0 Å². The number of aromatic nitrogens is 1. The van der Waals surface area contributed by atoms with Crippen molar-refractivity contribution in [2.45, 2.75) is 0 Å². The van der Waals surface area contributed by atoms with Gasteiger partial charge in [0.2, 0.25) is 0 Å². The van der Waals surface area contributed by atoms with Crippen LogP contribution in [0.4, 0.5) is 17.1 Å². The Morgan fingerprint density at radius 2 is 0.827 bits per heavy atom. The first kappa shape index (κ1) is 30.0. The first-order chi connectivity index (χ1) is 25.8. The summed E-state index contributed by atoms with van der Waals surface area (Å²) in [5, 5.41) is 7.49. The summed E-state index contributed by atoms with van der Waals surface area (Å²) in [6.45, 7) is 0. The Balaban J connectivity index is 1.06. The highest BCUT2D eigenvalue weighted by atomic mass is 15.1. The van der Waals surface area contributed by atoms with Gasteiger partial charge >= 0.3 is 0 Å². The van der Waals surface area contributed by atoms with Crippen LogP contribution in [0.5, 0.6) is 0 Å². The molecule has 0 aliphatic heterocycles. The number of benzene rings is 9. The Bertz CT molecular complexity index is 2830. The molecular weight excluding hydrogens is 629 g/mol. The summed E-state index contributed by atoms with van der Waals surface area (Å²) in [7, 11) is 0. The maximum Gasteiger partial charge on any atom is 0.0541 e. The molecule has 0 saturated heterocycles. The SMILES string of the molecule is c1cc(-c2ccc(N(c3ccc(-c4cccc5ccccc45)cc3)c3cccc4ccccc34)cc2)cc(-n2c3ccccc3c3ccccc32)c1. The molecule has 0 spiro atoms. The maximum atomic E-state index is 2.38. The number of fused-ring (bicyclic) bond motifs is 5. The molecule has 52 heavy (non-hydrogen) atoms. The first-order valence-corrected chi connectivity index (χ1v) is 17.9. The zero-order valence-electron chi connectivity index (χ0n) is 28.5. The molecule has 1 aromatic heterocycles. The van der Waals surface area contributed by atoms with Crippen LogP contribution in [-0.4, -0.2) is 4.57 Å². The zero-order chi connectivity index (χ0) is 34.4. The third-order valence-corrected chi connectivity index (χ3v) is 10.4. The summed E-state index contributed by atoms with van der Waals surface area (Å²) in [4.78, 5) is 2.38. The minimum absolute atomic E-state index is 1.11. The van der Waals surface area contributed by atoms with Crippen LogP contribution >= 0.6 is 0 Å². The van der Waals surface area contributed by atoms with Gasteiger partial charge in [0.1, 0.15) is 0 Å². The highest BCUT2D eigenvalue weighted by Crippen LogP contribution is 2.41. The molecule has 0 atom stereocenters. The van der Waals surface area contributed by atoms with Crippen LogP contribution in [0.1, 0.15) is 0 Å². The summed E-state index contributed by atoms with van der Waals surface area (Å²) in [6.07, 6.45) is 0. The van der Waals surface area contributed by atoms with Gasteiger partial charge in [-0.1, -0.05) is 152 Å². The Labute approximate surface area is 303 Å². The number of nitrogens with zero attached hydrogens (tertiary/aromatic N) is 2. The molecule has 0 fully saturated rings. The largest absolute Gasteiger partial charge is 0.310 e. The van der Waals surface area contributed by atoms with E-state index < -0.39 is 0 Å². The molecule has 0 unspecified atom stereocenters. The molecule has 244 valence electrons. The maximum absolute atomic E-state index is 2.38. The molecule has 0 aliphatic rings. The third kappa shape index (κ3) is 5.04. The number of hydrogen-bond donors (Lipinski definition) is 0. The lowest BCUT2D eigenvalue weighted by atomic mass is 9.98. The van der Waals surface area contributed by atoms with E-state index in [-0.39, 0.29) is 0 Å². The van der Waals surface area contributed by atoms with Crippen LogP contribution in [0.15, 0.2) is 206 Å². The molecule has 0 N–H and O–H groups in total. The molecule has 1 heterocycles. The lowest BCUT2D eigenvalue weighted by Gasteiger charge is -2.27. The van der Waals surface area contributed by atoms with Gasteiger partial charge in [-0.15, -0.1) is 0 Å². The standard InChI is InChI=1S/C50H34N2/c1-3-18-43-36(12-1)14-10-22-44(43)38-28-32-41(33-29-38)51(48-25-11-15-37-13-2-4-19-45(37)48)40-30-26-35(27-31-40)39-16-9-17-42(34-39)52-49-23-7-5-20-46(49)47-21-6-8-24-50(47)52/h1-34H. The minimum Gasteiger partial charge on any atom is -0.310 e. The van der Waals surface area contributed by atoms with Gasteiger partial charge in [-0.25, -0.2) is 0 Å². The van der Waals surface area contributed by atoms with Crippen molar-refractivity contribution in [2.24, 2.45) is 0 Å². The van der Waals surface area contributed by atoms with E-state index in [9.17, 15) is 0 Å². The molecule has 9 aromatic carbocycles. The second kappa shape index (κ2) is 12.5. The molecule has 0 bridgehead atoms. The molecule has 0 amide bonds. The first-order valence-electron chi connectivity index (χ1n) is 17.9. The van der Waals surface area contributed by atoms with Crippen LogP contribution in [0.3, 0.4) is 0 Å². The van der Waals surface area contributed by atoms with Gasteiger partial charge in [0.25, 0.3) is 0 Å². The van der Waals surface area contributed by atoms with E-state index in [4.69, 9.17) is 0 Å². The highest BCUT2D eigenvalue weighted by molar-refractivity contribution is 6.09. The van der Waals surface area contributed by atoms with E-state index in [0.717, 1.165) is 22.7 Å². The molecule has 10 aromatic rings. The summed E-state index contributed by atoms with van der Waals surface area (Å²) >= 11 is 0. The van der Waals surface area contributed by atoms with Crippen molar-refractivity contribution in [1.82, 2.24) is 4.57 Å². The molecule has 0 radical (unpaired) electrons. The average molecular weight is 663 g/mol. The molecule has 0 aliphatic carbocycles. The molecular formula is C50H34N2. The van der Waals surface area contributed by atoms with Gasteiger partial charge in [0.05, 0.1) is 16.7 Å². The third-order valence-electron chi connectivity index (χ3n) is 10.4. The van der Waals surface area contributed by atoms with Gasteiger partial charge in [0, 0.05) is 33.2 Å². The van der Waals surface area contributed by atoms with Crippen molar-refractivity contribution in [1.29, 1.82) is 0 Å². The van der Waals surface area contributed by atoms with E-state index in [2.05, 4.69) is 216 Å². The topological polar surface area (TPSA) is 8.17 Å². The fraction of sp³-hybridized carbons (Fsp3) is 0. The van der Waals surface area contributed by atoms with E-state index in [1.165, 1.54) is 65.6 Å². The summed E-state index contributed by atoms with van der Waals surface area (Å²) in [6, 6.07) is 74.6. The molecule has 2 nitrogen and oxygen atoms in total.